The van der Waals surface area contributed by atoms with Gasteiger partial charge in [0.1, 0.15) is 32.8 Å². The fourth-order valence-electron chi connectivity index (χ4n) is 6.95. The van der Waals surface area contributed by atoms with E-state index in [1.54, 1.807) is 47.8 Å². The first-order chi connectivity index (χ1) is 21.0. The van der Waals surface area contributed by atoms with Crippen molar-refractivity contribution in [2.75, 3.05) is 25.5 Å². The van der Waals surface area contributed by atoms with E-state index in [1.807, 2.05) is 32.6 Å². The smallest absolute Gasteiger partial charge is 0.258 e. The number of nitrogens with one attached hydrogen (secondary N) is 2. The minimum Gasteiger partial charge on any atom is -0.391 e. The van der Waals surface area contributed by atoms with Gasteiger partial charge in [-0.25, -0.2) is 4.39 Å². The number of aldehydes is 1. The highest BCUT2D eigenvalue weighted by atomic mass is 19.1. The van der Waals surface area contributed by atoms with Gasteiger partial charge >= 0.3 is 0 Å². The number of fused-ring (bicyclic) bond motifs is 1. The highest BCUT2D eigenvalue weighted by Crippen LogP contribution is 2.45. The molecule has 0 aromatic heterocycles. The Balaban J connectivity index is 1.71. The second-order valence-electron chi connectivity index (χ2n) is 14.5. The molecule has 1 fully saturated rings. The minimum absolute atomic E-state index is 0.0284. The lowest BCUT2D eigenvalue weighted by atomic mass is 9.57. The molecule has 3 unspecified atom stereocenters. The van der Waals surface area contributed by atoms with Gasteiger partial charge in [0.2, 0.25) is 5.91 Å². The third-order valence-corrected chi connectivity index (χ3v) is 8.93. The molecule has 0 bridgehead atoms. The first-order valence-electron chi connectivity index (χ1n) is 15.4. The van der Waals surface area contributed by atoms with Crippen molar-refractivity contribution in [1.29, 1.82) is 0 Å². The van der Waals surface area contributed by atoms with Crippen LogP contribution in [0.15, 0.2) is 36.4 Å². The maximum Gasteiger partial charge on any atom is 0.258 e. The van der Waals surface area contributed by atoms with E-state index in [0.29, 0.717) is 23.6 Å². The Morgan fingerprint density at radius 2 is 1.72 bits per heavy atom. The monoisotopic (exact) mass is 634 g/mol. The zero-order chi connectivity index (χ0) is 34.7. The molecule has 5 N–H and O–H groups in total. The summed E-state index contributed by atoms with van der Waals surface area (Å²) in [6, 6.07) is 9.07. The van der Waals surface area contributed by atoms with Crippen LogP contribution in [0.2, 0.25) is 0 Å². The lowest BCUT2D eigenvalue weighted by molar-refractivity contribution is -0.218. The number of carbonyl (C=O) groups is 3. The SMILES string of the molecule is BC(B)(Nc1cccc2c1C(B)(O)N(C(O)(C=O)CCC(=O)NC)C2=O)c1cc(C(B)(O)N2CC(C)(C)OC(C)(C)C2)ccc1F. The summed E-state index contributed by atoms with van der Waals surface area (Å²) in [5.41, 5.74) is -6.19. The number of carbonyl (C=O) groups excluding carboxylic acids is 3. The molecule has 2 amide bonds. The second kappa shape index (κ2) is 11.8. The van der Waals surface area contributed by atoms with Gasteiger partial charge in [0.05, 0.1) is 11.2 Å². The summed E-state index contributed by atoms with van der Waals surface area (Å²) < 4.78 is 21.8. The van der Waals surface area contributed by atoms with Gasteiger partial charge in [-0.15, -0.1) is 0 Å². The molecule has 0 saturated carbocycles. The number of hydrogen-bond acceptors (Lipinski definition) is 9. The molecule has 2 heterocycles. The van der Waals surface area contributed by atoms with Gasteiger partial charge in [-0.2, -0.15) is 0 Å². The van der Waals surface area contributed by atoms with Gasteiger partial charge in [-0.3, -0.25) is 24.2 Å². The van der Waals surface area contributed by atoms with Gasteiger partial charge in [0.15, 0.2) is 27.7 Å². The standard InChI is InChI=1S/C30H43B4FN4O7/c1-25(2)14-38(15-26(3,4)46-25)29(33,44)17-9-10-20(35)19(13-17)28(31,32)37-21-8-6-7-18-23(21)30(34,45)39(24(18)42)27(43,16-40)12-11-22(41)36-5/h6-10,13,16,37,43-45H,11-12,14-15,31-34H2,1-5H3,(H,36,41). The van der Waals surface area contributed by atoms with E-state index < -0.39 is 57.6 Å². The van der Waals surface area contributed by atoms with E-state index in [2.05, 4.69) is 10.6 Å². The third kappa shape index (κ3) is 6.50. The van der Waals surface area contributed by atoms with Crippen molar-refractivity contribution in [3.05, 3.63) is 64.5 Å². The Bertz CT molecular complexity index is 1540. The summed E-state index contributed by atoms with van der Waals surface area (Å²) in [6.07, 6.45) is -0.594. The van der Waals surface area contributed by atoms with Crippen molar-refractivity contribution < 1.29 is 38.8 Å². The summed E-state index contributed by atoms with van der Waals surface area (Å²) in [4.78, 5) is 40.2. The quantitative estimate of drug-likeness (QED) is 0.142. The van der Waals surface area contributed by atoms with Gasteiger partial charge < -0.3 is 30.7 Å². The van der Waals surface area contributed by atoms with E-state index in [9.17, 15) is 29.7 Å². The number of halogens is 1. The summed E-state index contributed by atoms with van der Waals surface area (Å²) in [5, 5.41) is 39.4. The molecule has 2 aromatic rings. The van der Waals surface area contributed by atoms with Crippen LogP contribution in [0.4, 0.5) is 10.1 Å². The van der Waals surface area contributed by atoms with Gasteiger partial charge in [0.25, 0.3) is 5.91 Å². The highest BCUT2D eigenvalue weighted by Gasteiger charge is 2.55. The van der Waals surface area contributed by atoms with E-state index in [-0.39, 0.29) is 35.1 Å². The van der Waals surface area contributed by atoms with Crippen LogP contribution in [-0.4, -0.2) is 112 Å². The molecule has 11 nitrogen and oxygen atoms in total. The summed E-state index contributed by atoms with van der Waals surface area (Å²) in [6.45, 7) is 8.69. The Morgan fingerprint density at radius 1 is 1.11 bits per heavy atom. The molecule has 2 aliphatic heterocycles. The van der Waals surface area contributed by atoms with Crippen molar-refractivity contribution in [2.24, 2.45) is 0 Å². The van der Waals surface area contributed by atoms with Gasteiger partial charge in [-0.1, -0.05) is 12.1 Å². The molecule has 3 atom stereocenters. The number of anilines is 1. The number of aliphatic hydroxyl groups is 3. The van der Waals surface area contributed by atoms with Crippen LogP contribution in [0.1, 0.15) is 67.6 Å². The van der Waals surface area contributed by atoms with E-state index in [4.69, 9.17) is 4.74 Å². The van der Waals surface area contributed by atoms with Crippen LogP contribution in [0, 0.1) is 5.82 Å². The van der Waals surface area contributed by atoms with E-state index in [0.717, 1.165) is 0 Å². The molecular formula is C30H43B4FN4O7. The van der Waals surface area contributed by atoms with Crippen molar-refractivity contribution >= 4 is 55.2 Å². The first kappa shape index (κ1) is 35.7. The average molecular weight is 634 g/mol. The Hall–Kier alpha value is -3.16. The average Bonchev–Trinajstić information content (AvgIpc) is 3.15. The topological polar surface area (TPSA) is 152 Å². The Morgan fingerprint density at radius 3 is 2.28 bits per heavy atom. The number of benzene rings is 2. The predicted molar refractivity (Wildman–Crippen MR) is 181 cm³/mol. The molecule has 4 rings (SSSR count). The van der Waals surface area contributed by atoms with Gasteiger partial charge in [-0.05, 0) is 63.1 Å². The molecule has 16 heteroatoms. The minimum atomic E-state index is -2.49. The Kier molecular flexibility index (Phi) is 9.17. The maximum absolute atomic E-state index is 15.6. The molecule has 0 aliphatic carbocycles. The van der Waals surface area contributed by atoms with Crippen molar-refractivity contribution in [2.45, 2.75) is 74.0 Å². The third-order valence-electron chi connectivity index (χ3n) is 8.93. The van der Waals surface area contributed by atoms with Gasteiger partial charge in [0, 0.05) is 55.1 Å². The van der Waals surface area contributed by atoms with Crippen LogP contribution >= 0.6 is 0 Å². The number of rotatable bonds is 10. The first-order valence-corrected chi connectivity index (χ1v) is 15.4. The van der Waals surface area contributed by atoms with Crippen LogP contribution in [0.5, 0.6) is 0 Å². The lowest BCUT2D eigenvalue weighted by Gasteiger charge is -2.52. The summed E-state index contributed by atoms with van der Waals surface area (Å²) in [7, 11) is 7.78. The second-order valence-corrected chi connectivity index (χ2v) is 14.5. The zero-order valence-electron chi connectivity index (χ0n) is 28.1. The van der Waals surface area contributed by atoms with E-state index in [1.165, 1.54) is 27.0 Å². The normalized spacial score (nSPS) is 23.6. The molecule has 2 aromatic carbocycles. The zero-order valence-corrected chi connectivity index (χ0v) is 28.1. The highest BCUT2D eigenvalue weighted by molar-refractivity contribution is 6.41. The summed E-state index contributed by atoms with van der Waals surface area (Å²) in [5.74, 6) is -1.81. The number of nitrogens with zero attached hydrogens (tertiary/aromatic N) is 2. The van der Waals surface area contributed by atoms with Crippen LogP contribution in [0.3, 0.4) is 0 Å². The number of hydrogen-bond donors (Lipinski definition) is 5. The molecule has 46 heavy (non-hydrogen) atoms. The largest absolute Gasteiger partial charge is 0.391 e. The van der Waals surface area contributed by atoms with Crippen molar-refractivity contribution in [3.63, 3.8) is 0 Å². The van der Waals surface area contributed by atoms with Crippen LogP contribution in [0.25, 0.3) is 0 Å². The maximum atomic E-state index is 15.6. The number of morpholine rings is 1. The van der Waals surface area contributed by atoms with Crippen LogP contribution in [-0.2, 0) is 30.9 Å². The van der Waals surface area contributed by atoms with E-state index >= 15 is 4.39 Å². The summed E-state index contributed by atoms with van der Waals surface area (Å²) >= 11 is 0. The number of amides is 2. The predicted octanol–water partition coefficient (Wildman–Crippen LogP) is -2.46. The molecule has 1 saturated heterocycles. The lowest BCUT2D eigenvalue weighted by Crippen LogP contribution is -2.63. The molecule has 244 valence electrons. The number of ether oxygens (including phenoxy) is 1. The Labute approximate surface area is 272 Å². The fraction of sp³-hybridized carbons (Fsp3) is 0.500. The van der Waals surface area contributed by atoms with Crippen molar-refractivity contribution in [3.8, 4) is 0 Å². The molecule has 0 radical (unpaired) electrons. The molecular weight excluding hydrogens is 591 g/mol. The van der Waals surface area contributed by atoms with Crippen LogP contribution < -0.4 is 10.6 Å². The fourth-order valence-corrected chi connectivity index (χ4v) is 6.95. The molecule has 2 aliphatic rings. The molecule has 0 spiro atoms. The van der Waals surface area contributed by atoms with Crippen molar-refractivity contribution in [1.82, 2.24) is 15.1 Å².